The number of aromatic nitrogens is 2. The van der Waals surface area contributed by atoms with Gasteiger partial charge in [0.05, 0.1) is 23.7 Å². The van der Waals surface area contributed by atoms with Gasteiger partial charge in [0.25, 0.3) is 0 Å². The standard InChI is InChI=1S/C16H17N3O/c1-2-15-13(9-11-20-15)16(17)14-8-10-18-19(14)12-6-4-3-5-7-12/h3-11,16H,2,17H2,1H3. The monoisotopic (exact) mass is 267 g/mol. The number of rotatable bonds is 4. The number of para-hydroxylation sites is 1. The van der Waals surface area contributed by atoms with E-state index in [0.29, 0.717) is 0 Å². The summed E-state index contributed by atoms with van der Waals surface area (Å²) in [5.74, 6) is 0.929. The summed E-state index contributed by atoms with van der Waals surface area (Å²) in [5.41, 5.74) is 9.37. The van der Waals surface area contributed by atoms with Crippen molar-refractivity contribution >= 4 is 0 Å². The normalized spacial score (nSPS) is 12.5. The van der Waals surface area contributed by atoms with Gasteiger partial charge in [-0.25, -0.2) is 4.68 Å². The highest BCUT2D eigenvalue weighted by Crippen LogP contribution is 2.25. The zero-order valence-electron chi connectivity index (χ0n) is 11.4. The molecule has 4 heteroatoms. The van der Waals surface area contributed by atoms with Crippen LogP contribution in [0.15, 0.2) is 59.3 Å². The first kappa shape index (κ1) is 12.7. The van der Waals surface area contributed by atoms with Gasteiger partial charge in [0.15, 0.2) is 0 Å². The van der Waals surface area contributed by atoms with Crippen molar-refractivity contribution in [1.29, 1.82) is 0 Å². The summed E-state index contributed by atoms with van der Waals surface area (Å²) in [4.78, 5) is 0. The van der Waals surface area contributed by atoms with Gasteiger partial charge in [-0.2, -0.15) is 5.10 Å². The second kappa shape index (κ2) is 5.35. The van der Waals surface area contributed by atoms with Crippen molar-refractivity contribution in [3.63, 3.8) is 0 Å². The van der Waals surface area contributed by atoms with Crippen molar-refractivity contribution < 1.29 is 4.42 Å². The summed E-state index contributed by atoms with van der Waals surface area (Å²) >= 11 is 0. The highest BCUT2D eigenvalue weighted by molar-refractivity contribution is 5.36. The minimum atomic E-state index is -0.244. The third-order valence-corrected chi connectivity index (χ3v) is 3.43. The third kappa shape index (κ3) is 2.14. The van der Waals surface area contributed by atoms with Gasteiger partial charge in [0, 0.05) is 18.2 Å². The lowest BCUT2D eigenvalue weighted by molar-refractivity contribution is 0.508. The van der Waals surface area contributed by atoms with Crippen molar-refractivity contribution in [3.05, 3.63) is 71.9 Å². The zero-order chi connectivity index (χ0) is 13.9. The van der Waals surface area contributed by atoms with Crippen LogP contribution in [0.5, 0.6) is 0 Å². The average molecular weight is 267 g/mol. The van der Waals surface area contributed by atoms with Gasteiger partial charge in [0.2, 0.25) is 0 Å². The number of nitrogens with zero attached hydrogens (tertiary/aromatic N) is 2. The first-order valence-electron chi connectivity index (χ1n) is 6.72. The Labute approximate surface area is 117 Å². The summed E-state index contributed by atoms with van der Waals surface area (Å²) in [6, 6.07) is 13.6. The van der Waals surface area contributed by atoms with Crippen LogP contribution in [-0.4, -0.2) is 9.78 Å². The van der Waals surface area contributed by atoms with E-state index in [1.165, 1.54) is 0 Å². The maximum Gasteiger partial charge on any atom is 0.108 e. The largest absolute Gasteiger partial charge is 0.469 e. The smallest absolute Gasteiger partial charge is 0.108 e. The molecule has 0 saturated carbocycles. The van der Waals surface area contributed by atoms with E-state index >= 15 is 0 Å². The Morgan fingerprint density at radius 1 is 1.20 bits per heavy atom. The molecule has 0 bridgehead atoms. The van der Waals surface area contributed by atoms with Crippen LogP contribution >= 0.6 is 0 Å². The van der Waals surface area contributed by atoms with Gasteiger partial charge in [0.1, 0.15) is 5.76 Å². The van der Waals surface area contributed by atoms with Crippen LogP contribution in [0.4, 0.5) is 0 Å². The Kier molecular flexibility index (Phi) is 3.39. The molecule has 20 heavy (non-hydrogen) atoms. The molecule has 3 aromatic rings. The summed E-state index contributed by atoms with van der Waals surface area (Å²) in [6.45, 7) is 2.06. The lowest BCUT2D eigenvalue weighted by Crippen LogP contribution is -2.17. The molecule has 0 aliphatic heterocycles. The number of hydrogen-bond acceptors (Lipinski definition) is 3. The van der Waals surface area contributed by atoms with Crippen LogP contribution < -0.4 is 5.73 Å². The number of benzene rings is 1. The first-order valence-corrected chi connectivity index (χ1v) is 6.72. The van der Waals surface area contributed by atoms with Gasteiger partial charge in [-0.05, 0) is 24.3 Å². The molecule has 0 spiro atoms. The SMILES string of the molecule is CCc1occc1C(N)c1ccnn1-c1ccccc1. The molecule has 0 fully saturated rings. The van der Waals surface area contributed by atoms with Crippen molar-refractivity contribution in [2.75, 3.05) is 0 Å². The van der Waals surface area contributed by atoms with E-state index in [1.807, 2.05) is 47.1 Å². The van der Waals surface area contributed by atoms with Crippen LogP contribution in [-0.2, 0) is 6.42 Å². The molecular formula is C16H17N3O. The van der Waals surface area contributed by atoms with E-state index in [-0.39, 0.29) is 6.04 Å². The molecule has 1 aromatic carbocycles. The molecule has 0 radical (unpaired) electrons. The third-order valence-electron chi connectivity index (χ3n) is 3.43. The van der Waals surface area contributed by atoms with Crippen LogP contribution in [0.3, 0.4) is 0 Å². The fraction of sp³-hybridized carbons (Fsp3) is 0.188. The molecule has 0 saturated heterocycles. The van der Waals surface area contributed by atoms with Gasteiger partial charge >= 0.3 is 0 Å². The lowest BCUT2D eigenvalue weighted by atomic mass is 10.0. The molecule has 3 rings (SSSR count). The van der Waals surface area contributed by atoms with Gasteiger partial charge in [-0.1, -0.05) is 25.1 Å². The molecule has 4 nitrogen and oxygen atoms in total. The fourth-order valence-electron chi connectivity index (χ4n) is 2.41. The summed E-state index contributed by atoms with van der Waals surface area (Å²) < 4.78 is 7.34. The Morgan fingerprint density at radius 2 is 2.00 bits per heavy atom. The summed E-state index contributed by atoms with van der Waals surface area (Å²) in [5, 5.41) is 4.38. The minimum absolute atomic E-state index is 0.244. The highest BCUT2D eigenvalue weighted by Gasteiger charge is 2.19. The molecule has 0 aliphatic rings. The topological polar surface area (TPSA) is 57.0 Å². The predicted octanol–water partition coefficient (Wildman–Crippen LogP) is 3.08. The molecule has 0 aliphatic carbocycles. The van der Waals surface area contributed by atoms with E-state index < -0.39 is 0 Å². The van der Waals surface area contributed by atoms with Crippen LogP contribution in [0.25, 0.3) is 5.69 Å². The van der Waals surface area contributed by atoms with Gasteiger partial charge < -0.3 is 10.2 Å². The molecule has 1 atom stereocenters. The first-order chi connectivity index (χ1) is 9.81. The molecule has 102 valence electrons. The van der Waals surface area contributed by atoms with Gasteiger partial charge in [-0.15, -0.1) is 0 Å². The van der Waals surface area contributed by atoms with Crippen molar-refractivity contribution in [1.82, 2.24) is 9.78 Å². The second-order valence-corrected chi connectivity index (χ2v) is 4.63. The Morgan fingerprint density at radius 3 is 2.75 bits per heavy atom. The van der Waals surface area contributed by atoms with E-state index in [2.05, 4.69) is 12.0 Å². The highest BCUT2D eigenvalue weighted by atomic mass is 16.3. The Bertz CT molecular complexity index is 685. The number of aryl methyl sites for hydroxylation is 1. The molecule has 2 heterocycles. The average Bonchev–Trinajstić information content (AvgIpc) is 3.16. The van der Waals surface area contributed by atoms with Crippen molar-refractivity contribution in [2.24, 2.45) is 5.73 Å². The molecule has 0 amide bonds. The molecular weight excluding hydrogens is 250 g/mol. The van der Waals surface area contributed by atoms with E-state index in [9.17, 15) is 0 Å². The molecule has 2 N–H and O–H groups in total. The summed E-state index contributed by atoms with van der Waals surface area (Å²) in [7, 11) is 0. The van der Waals surface area contributed by atoms with Crippen LogP contribution in [0.1, 0.15) is 30.0 Å². The van der Waals surface area contributed by atoms with Crippen LogP contribution in [0.2, 0.25) is 0 Å². The maximum atomic E-state index is 6.40. The number of hydrogen-bond donors (Lipinski definition) is 1. The zero-order valence-corrected chi connectivity index (χ0v) is 11.4. The van der Waals surface area contributed by atoms with Crippen molar-refractivity contribution in [2.45, 2.75) is 19.4 Å². The fourth-order valence-corrected chi connectivity index (χ4v) is 2.41. The Hall–Kier alpha value is -2.33. The second-order valence-electron chi connectivity index (χ2n) is 4.63. The Balaban J connectivity index is 2.02. The quantitative estimate of drug-likeness (QED) is 0.790. The maximum absolute atomic E-state index is 6.40. The molecule has 1 unspecified atom stereocenters. The lowest BCUT2D eigenvalue weighted by Gasteiger charge is -2.14. The summed E-state index contributed by atoms with van der Waals surface area (Å²) in [6.07, 6.45) is 4.29. The van der Waals surface area contributed by atoms with E-state index in [1.54, 1.807) is 12.5 Å². The van der Waals surface area contributed by atoms with Crippen molar-refractivity contribution in [3.8, 4) is 5.69 Å². The van der Waals surface area contributed by atoms with Gasteiger partial charge in [-0.3, -0.25) is 0 Å². The number of furan rings is 1. The van der Waals surface area contributed by atoms with Crippen LogP contribution in [0, 0.1) is 0 Å². The predicted molar refractivity (Wildman–Crippen MR) is 77.7 cm³/mol. The van der Waals surface area contributed by atoms with E-state index in [0.717, 1.165) is 29.1 Å². The number of nitrogens with two attached hydrogens (primary N) is 1. The van der Waals surface area contributed by atoms with E-state index in [4.69, 9.17) is 10.2 Å². The molecule has 2 aromatic heterocycles. The minimum Gasteiger partial charge on any atom is -0.469 e.